The van der Waals surface area contributed by atoms with Crippen molar-refractivity contribution in [3.8, 4) is 0 Å². The molecule has 0 N–H and O–H groups in total. The maximum atomic E-state index is 5.89. The molecule has 16 rings (SSSR count). The van der Waals surface area contributed by atoms with Gasteiger partial charge in [0.05, 0.1) is 17.1 Å². The first-order chi connectivity index (χ1) is 62.6. The van der Waals surface area contributed by atoms with E-state index in [1.54, 1.807) is 0 Å². The molecule has 0 saturated heterocycles. The number of para-hydroxylation sites is 2. The monoisotopic (exact) mass is 2210 g/mol. The number of pyridine rings is 2. The van der Waals surface area contributed by atoms with Gasteiger partial charge in [0.2, 0.25) is 0 Å². The number of benzene rings is 10. The summed E-state index contributed by atoms with van der Waals surface area (Å²) in [5.41, 5.74) is 19.7. The Morgan fingerprint density at radius 3 is 0.824 bits per heavy atom. The molecule has 1 unspecified atom stereocenters. The van der Waals surface area contributed by atoms with Crippen LogP contribution in [0.1, 0.15) is 313 Å². The molecule has 4 aliphatic carbocycles. The average Bonchev–Trinajstić information content (AvgIpc) is 1.26. The number of aliphatic imine (C=N–C) groups is 1. The number of rotatable bonds is 17. The third-order valence-electron chi connectivity index (χ3n) is 23.4. The van der Waals surface area contributed by atoms with Gasteiger partial charge in [0.25, 0.3) is 0 Å². The van der Waals surface area contributed by atoms with Crippen molar-refractivity contribution >= 4 is 51.1 Å². The van der Waals surface area contributed by atoms with Gasteiger partial charge in [0.1, 0.15) is 0 Å². The predicted molar refractivity (Wildman–Crippen MR) is 591 cm³/mol. The fourth-order valence-corrected chi connectivity index (χ4v) is 16.3. The SMILES string of the molecule is C1CCCC1.C1CCCC1.CC(C)c1cccc(C(C)C)c1N=C(CC(C)(C)C1CCCC1)c1ccccn1.CC(C)c1cccc(C(C)C)c1[N-]C(Cc1ccccc1)(CC(C)(C)C1CCCC1)c1ccccn1.[CH2-]c1ccccc1.[CH2-]c1ccccc1.[CH2-]c1ccccc1.[CH2-]c1ccccc1.[CH2-]c1ccccc1.[CH2-]c1ccccc1.[CH2-]c1ccccc1.[CH3-].[CH3-].[CH3-].[CH3-].[Cl][Zr+2][Cl].[Cl][Zr+2][Cl].[Zr+4].[Zr+4]. The number of nitrogens with zero attached hydrogens (tertiary/aromatic N) is 4. The quantitative estimate of drug-likeness (QED) is 0.0674. The molecule has 0 bridgehead atoms. The van der Waals surface area contributed by atoms with Gasteiger partial charge >= 0.3 is 128 Å². The Labute approximate surface area is 909 Å². The molecule has 12 aromatic rings. The number of hydrogen-bond acceptors (Lipinski definition) is 3. The van der Waals surface area contributed by atoms with Crippen molar-refractivity contribution in [3.63, 3.8) is 0 Å². The fraction of sp³-hybridized carbons (Fsp3) is 0.339. The van der Waals surface area contributed by atoms with Crippen LogP contribution in [-0.4, -0.2) is 15.7 Å². The smallest absolute Gasteiger partial charge is 4.00 e. The Morgan fingerprint density at radius 2 is 0.581 bits per heavy atom. The van der Waals surface area contributed by atoms with Gasteiger partial charge in [-0.2, -0.15) is 172 Å². The molecule has 4 nitrogen and oxygen atoms in total. The molecule has 0 spiro atoms. The van der Waals surface area contributed by atoms with Crippen LogP contribution in [0.25, 0.3) is 5.32 Å². The van der Waals surface area contributed by atoms with E-state index in [9.17, 15) is 0 Å². The van der Waals surface area contributed by atoms with Crippen LogP contribution in [0.4, 0.5) is 11.4 Å². The zero-order valence-electron chi connectivity index (χ0n) is 85.7. The maximum absolute atomic E-state index is 5.89. The van der Waals surface area contributed by atoms with E-state index in [1.807, 2.05) is 237 Å². The Balaban J connectivity index is -0.00000155. The van der Waals surface area contributed by atoms with Gasteiger partial charge in [0.15, 0.2) is 0 Å². The Hall–Kier alpha value is -6.25. The Kier molecular flexibility index (Phi) is 79.1. The molecular weight excluding hydrogens is 2050 g/mol. The van der Waals surface area contributed by atoms with Crippen molar-refractivity contribution in [2.45, 2.75) is 247 Å². The van der Waals surface area contributed by atoms with E-state index in [1.165, 1.54) is 155 Å². The summed E-state index contributed by atoms with van der Waals surface area (Å²) in [6.07, 6.45) is 32.5. The van der Waals surface area contributed by atoms with Crippen molar-refractivity contribution in [1.29, 1.82) is 0 Å². The maximum Gasteiger partial charge on any atom is 4.00 e. The minimum absolute atomic E-state index is 0. The summed E-state index contributed by atoms with van der Waals surface area (Å²) >= 11 is -1.65. The summed E-state index contributed by atoms with van der Waals surface area (Å²) in [5, 5.41) is 5.89. The van der Waals surface area contributed by atoms with Crippen molar-refractivity contribution in [3.05, 3.63) is 489 Å². The zero-order chi connectivity index (χ0) is 95.1. The van der Waals surface area contributed by atoms with Gasteiger partial charge in [-0.15, -0.1) is 90.6 Å². The molecule has 0 radical (unpaired) electrons. The van der Waals surface area contributed by atoms with Gasteiger partial charge in [-0.25, -0.2) is 0 Å². The molecule has 2 aromatic heterocycles. The summed E-state index contributed by atoms with van der Waals surface area (Å²) in [6, 6.07) is 106. The third kappa shape index (κ3) is 57.6. The van der Waals surface area contributed by atoms with Gasteiger partial charge in [-0.1, -0.05) is 317 Å². The van der Waals surface area contributed by atoms with Crippen LogP contribution in [0.2, 0.25) is 0 Å². The summed E-state index contributed by atoms with van der Waals surface area (Å²) in [6.45, 7) is 54.1. The van der Waals surface area contributed by atoms with Gasteiger partial charge in [-0.3, -0.25) is 15.0 Å². The van der Waals surface area contributed by atoms with Crippen LogP contribution in [-0.2, 0) is 106 Å². The van der Waals surface area contributed by atoms with E-state index >= 15 is 0 Å². The van der Waals surface area contributed by atoms with Crippen LogP contribution in [0.15, 0.2) is 333 Å². The topological polar surface area (TPSA) is 52.2 Å². The van der Waals surface area contributed by atoms with Gasteiger partial charge in [-0.05, 0) is 126 Å². The molecule has 2 heterocycles. The number of aromatic nitrogens is 2. The van der Waals surface area contributed by atoms with Crippen LogP contribution in [0, 0.1) is 101 Å². The van der Waals surface area contributed by atoms with E-state index in [0.29, 0.717) is 23.7 Å². The van der Waals surface area contributed by atoms with E-state index < -0.39 is 47.2 Å². The minimum Gasteiger partial charge on any atom is 4.00 e. The van der Waals surface area contributed by atoms with Crippen molar-refractivity contribution < 1.29 is 94.1 Å². The molecule has 136 heavy (non-hydrogen) atoms. The minimum atomic E-state index is -0.826. The first-order valence-electron chi connectivity index (χ1n) is 47.0. The summed E-state index contributed by atoms with van der Waals surface area (Å²) in [5.74, 6) is 3.21. The molecule has 0 amide bonds. The zero-order valence-corrected chi connectivity index (χ0v) is 98.6. The largest absolute Gasteiger partial charge is 4.00 e. The van der Waals surface area contributed by atoms with E-state index in [0.717, 1.165) is 87.1 Å². The molecule has 12 heteroatoms. The second-order valence-corrected chi connectivity index (χ2v) is 43.8. The van der Waals surface area contributed by atoms with Crippen LogP contribution in [0.5, 0.6) is 0 Å². The molecule has 1 atom stereocenters. The normalized spacial score (nSPS) is 12.8. The average molecular weight is 2220 g/mol. The first-order valence-corrected chi connectivity index (χ1v) is 59.7. The van der Waals surface area contributed by atoms with E-state index in [-0.39, 0.29) is 92.9 Å². The molecule has 4 fully saturated rings. The van der Waals surface area contributed by atoms with E-state index in [4.69, 9.17) is 54.3 Å². The predicted octanol–water partition coefficient (Wildman–Crippen LogP) is 39.7. The van der Waals surface area contributed by atoms with Crippen molar-refractivity contribution in [1.82, 2.24) is 9.97 Å². The summed E-state index contributed by atoms with van der Waals surface area (Å²) in [4.78, 5) is 15.1. The molecule has 10 aromatic carbocycles. The first kappa shape index (κ1) is 134. The number of halogens is 4. The number of hydrogen-bond donors (Lipinski definition) is 0. The standard InChI is InChI=1S/C34H45N2.C27H38N2.7C7H7.2C5H10.4CH3.4ClH.4Zr/c1-25(2)29-19-14-20-30(26(3)4)32(29)36-34(31-21-12-13-22-35-31,23-27-15-8-7-9-16-27)24-33(5,6)28-17-10-11-18-28;1-19(2)22-14-11-15-23(20(3)4)26(22)29-25(24-16-9-10-17-28-24)18-27(5,6)21-12-7-8-13-21;7*1-7-5-3-2-4-6-7;2*1-2-4-5-3-1;;;;;;;;;;;;/h7-9,12-16,19-22,25-26,28H,10-11,17-18,23-24H2,1-6H3;9-11,14-17,19-21H,7-8,12-13,18H2,1-6H3;7*2-6H,1H2;2*1-5H2;4*1H3;4*1H;;;;/q-1;;7*-1;;;4*-1;;;;;4*+4/p-4. The van der Waals surface area contributed by atoms with Crippen LogP contribution in [0.3, 0.4) is 0 Å². The summed E-state index contributed by atoms with van der Waals surface area (Å²) < 4.78 is 0. The summed E-state index contributed by atoms with van der Waals surface area (Å²) in [7, 11) is 19.7. The van der Waals surface area contributed by atoms with Crippen molar-refractivity contribution in [2.75, 3.05) is 0 Å². The molecular formula is C124H164Cl4N4Zr4. The Bertz CT molecular complexity index is 4300. The van der Waals surface area contributed by atoms with Crippen molar-refractivity contribution in [2.24, 2.45) is 27.7 Å². The third-order valence-corrected chi connectivity index (χ3v) is 23.4. The Morgan fingerprint density at radius 1 is 0.331 bits per heavy atom. The van der Waals surface area contributed by atoms with Crippen LogP contribution >= 0.6 is 34.1 Å². The van der Waals surface area contributed by atoms with Gasteiger partial charge in [0, 0.05) is 18.1 Å². The second-order valence-electron chi connectivity index (χ2n) is 36.4. The fourth-order valence-electron chi connectivity index (χ4n) is 16.3. The second kappa shape index (κ2) is 80.3. The molecule has 4 saturated carbocycles. The molecule has 0 aliphatic heterocycles. The van der Waals surface area contributed by atoms with E-state index in [2.05, 4.69) is 223 Å². The van der Waals surface area contributed by atoms with Gasteiger partial charge < -0.3 is 35.0 Å². The molecule has 724 valence electrons. The van der Waals surface area contributed by atoms with Crippen LogP contribution < -0.4 is 0 Å². The molecule has 4 aliphatic rings.